The largest absolute Gasteiger partial charge is 0.484 e. The van der Waals surface area contributed by atoms with Crippen LogP contribution in [0.3, 0.4) is 0 Å². The van der Waals surface area contributed by atoms with E-state index < -0.39 is 0 Å². The first-order valence-corrected chi connectivity index (χ1v) is 9.46. The Morgan fingerprint density at radius 3 is 2.74 bits per heavy atom. The van der Waals surface area contributed by atoms with Gasteiger partial charge in [0.15, 0.2) is 6.61 Å². The van der Waals surface area contributed by atoms with Crippen molar-refractivity contribution in [2.24, 2.45) is 0 Å². The maximum Gasteiger partial charge on any atom is 0.262 e. The van der Waals surface area contributed by atoms with Crippen molar-refractivity contribution in [3.63, 3.8) is 0 Å². The van der Waals surface area contributed by atoms with Crippen LogP contribution in [0.2, 0.25) is 0 Å². The van der Waals surface area contributed by atoms with Crippen LogP contribution in [0.4, 0.5) is 5.69 Å². The van der Waals surface area contributed by atoms with E-state index in [0.717, 1.165) is 24.3 Å². The highest BCUT2D eigenvalue weighted by molar-refractivity contribution is 5.95. The number of para-hydroxylation sites is 1. The fraction of sp³-hybridized carbons (Fsp3) is 0.318. The highest BCUT2D eigenvalue weighted by Crippen LogP contribution is 2.34. The number of hydrogen-bond donors (Lipinski definition) is 2. The number of amides is 1. The molecule has 2 N–H and O–H groups in total. The molecule has 0 atom stereocenters. The molecule has 0 bridgehead atoms. The summed E-state index contributed by atoms with van der Waals surface area (Å²) >= 11 is 0. The van der Waals surface area contributed by atoms with E-state index in [1.165, 1.54) is 23.8 Å². The van der Waals surface area contributed by atoms with Crippen LogP contribution in [0.25, 0.3) is 10.9 Å². The molecule has 1 saturated heterocycles. The standard InChI is InChI=1S/C22H25N3O2/c1-25-11-9-16(10-12-25)20-14-23-21-8-7-17(13-19(20)21)24-22(26)15-27-18-5-3-2-4-6-18/h2-8,13-14,16,23H,9-12,15H2,1H3,(H,24,26). The Hall–Kier alpha value is -2.79. The van der Waals surface area contributed by atoms with Crippen molar-refractivity contribution in [3.05, 3.63) is 60.3 Å². The Bertz CT molecular complexity index is 912. The molecular weight excluding hydrogens is 338 g/mol. The summed E-state index contributed by atoms with van der Waals surface area (Å²) in [5.74, 6) is 1.11. The van der Waals surface area contributed by atoms with Crippen molar-refractivity contribution in [1.82, 2.24) is 9.88 Å². The lowest BCUT2D eigenvalue weighted by molar-refractivity contribution is -0.118. The van der Waals surface area contributed by atoms with Gasteiger partial charge in [0.1, 0.15) is 5.75 Å². The Morgan fingerprint density at radius 1 is 1.19 bits per heavy atom. The van der Waals surface area contributed by atoms with Crippen molar-refractivity contribution >= 4 is 22.5 Å². The number of rotatable bonds is 5. The van der Waals surface area contributed by atoms with Crippen LogP contribution in [0.5, 0.6) is 5.75 Å². The lowest BCUT2D eigenvalue weighted by Gasteiger charge is -2.28. The van der Waals surface area contributed by atoms with Crippen LogP contribution in [0.1, 0.15) is 24.3 Å². The molecule has 2 aromatic carbocycles. The number of nitrogens with zero attached hydrogens (tertiary/aromatic N) is 1. The third-order valence-corrected chi connectivity index (χ3v) is 5.27. The molecule has 3 aromatic rings. The molecule has 0 unspecified atom stereocenters. The maximum absolute atomic E-state index is 12.2. The molecule has 1 amide bonds. The number of anilines is 1. The van der Waals surface area contributed by atoms with E-state index in [1.807, 2.05) is 42.5 Å². The first-order valence-electron chi connectivity index (χ1n) is 9.46. The number of hydrogen-bond acceptors (Lipinski definition) is 3. The van der Waals surface area contributed by atoms with Crippen molar-refractivity contribution in [2.45, 2.75) is 18.8 Å². The number of aromatic nitrogens is 1. The van der Waals surface area contributed by atoms with Crippen LogP contribution < -0.4 is 10.1 Å². The van der Waals surface area contributed by atoms with E-state index in [9.17, 15) is 4.79 Å². The number of carbonyl (C=O) groups excluding carboxylic acids is 1. The van der Waals surface area contributed by atoms with Gasteiger partial charge in [-0.25, -0.2) is 0 Å². The summed E-state index contributed by atoms with van der Waals surface area (Å²) in [6.07, 6.45) is 4.47. The fourth-order valence-corrected chi connectivity index (χ4v) is 3.74. The Labute approximate surface area is 159 Å². The van der Waals surface area contributed by atoms with E-state index in [1.54, 1.807) is 0 Å². The Kier molecular flexibility index (Phi) is 5.12. The molecule has 1 aliphatic heterocycles. The van der Waals surface area contributed by atoms with Crippen molar-refractivity contribution in [2.75, 3.05) is 32.1 Å². The van der Waals surface area contributed by atoms with Gasteiger partial charge in [0.05, 0.1) is 0 Å². The predicted octanol–water partition coefficient (Wildman–Crippen LogP) is 3.99. The molecule has 5 nitrogen and oxygen atoms in total. The predicted molar refractivity (Wildman–Crippen MR) is 108 cm³/mol. The summed E-state index contributed by atoms with van der Waals surface area (Å²) in [5.41, 5.74) is 3.27. The highest BCUT2D eigenvalue weighted by Gasteiger charge is 2.21. The van der Waals surface area contributed by atoms with Gasteiger partial charge in [-0.2, -0.15) is 0 Å². The molecule has 0 spiro atoms. The molecule has 0 aliphatic carbocycles. The van der Waals surface area contributed by atoms with Crippen LogP contribution in [-0.2, 0) is 4.79 Å². The highest BCUT2D eigenvalue weighted by atomic mass is 16.5. The molecule has 27 heavy (non-hydrogen) atoms. The minimum absolute atomic E-state index is 0.00297. The summed E-state index contributed by atoms with van der Waals surface area (Å²) in [4.78, 5) is 18.0. The van der Waals surface area contributed by atoms with E-state index in [4.69, 9.17) is 4.74 Å². The van der Waals surface area contributed by atoms with Gasteiger partial charge in [-0.05, 0) is 74.8 Å². The van der Waals surface area contributed by atoms with E-state index >= 15 is 0 Å². The maximum atomic E-state index is 12.2. The van der Waals surface area contributed by atoms with Crippen molar-refractivity contribution in [1.29, 1.82) is 0 Å². The summed E-state index contributed by atoms with van der Waals surface area (Å²) < 4.78 is 5.52. The Morgan fingerprint density at radius 2 is 1.96 bits per heavy atom. The second-order valence-corrected chi connectivity index (χ2v) is 7.23. The smallest absolute Gasteiger partial charge is 0.262 e. The molecule has 2 heterocycles. The normalized spacial score (nSPS) is 15.7. The van der Waals surface area contributed by atoms with Gasteiger partial charge in [-0.1, -0.05) is 18.2 Å². The third kappa shape index (κ3) is 4.14. The number of likely N-dealkylation sites (tertiary alicyclic amines) is 1. The monoisotopic (exact) mass is 363 g/mol. The average molecular weight is 363 g/mol. The van der Waals surface area contributed by atoms with E-state index in [0.29, 0.717) is 11.7 Å². The SMILES string of the molecule is CN1CCC(c2c[nH]c3ccc(NC(=O)COc4ccccc4)cc23)CC1. The second-order valence-electron chi connectivity index (χ2n) is 7.23. The minimum atomic E-state index is -0.158. The minimum Gasteiger partial charge on any atom is -0.484 e. The topological polar surface area (TPSA) is 57.4 Å². The summed E-state index contributed by atoms with van der Waals surface area (Å²) in [5, 5.41) is 4.15. The zero-order valence-electron chi connectivity index (χ0n) is 15.6. The molecule has 1 aromatic heterocycles. The molecule has 0 saturated carbocycles. The molecular formula is C22H25N3O2. The number of ether oxygens (including phenoxy) is 1. The van der Waals surface area contributed by atoms with E-state index in [-0.39, 0.29) is 12.5 Å². The molecule has 1 aliphatic rings. The fourth-order valence-electron chi connectivity index (χ4n) is 3.74. The average Bonchev–Trinajstić information content (AvgIpc) is 3.11. The zero-order chi connectivity index (χ0) is 18.6. The Balaban J connectivity index is 1.44. The summed E-state index contributed by atoms with van der Waals surface area (Å²) in [7, 11) is 2.18. The van der Waals surface area contributed by atoms with Crippen LogP contribution in [-0.4, -0.2) is 42.5 Å². The first kappa shape index (κ1) is 17.6. The van der Waals surface area contributed by atoms with Gasteiger partial charge in [0, 0.05) is 22.8 Å². The lowest BCUT2D eigenvalue weighted by Crippen LogP contribution is -2.29. The van der Waals surface area contributed by atoms with Gasteiger partial charge in [0.25, 0.3) is 5.91 Å². The number of carbonyl (C=O) groups is 1. The quantitative estimate of drug-likeness (QED) is 0.720. The molecule has 5 heteroatoms. The lowest BCUT2D eigenvalue weighted by atomic mass is 9.89. The first-order chi connectivity index (χ1) is 13.2. The van der Waals surface area contributed by atoms with Gasteiger partial charge >= 0.3 is 0 Å². The number of fused-ring (bicyclic) bond motifs is 1. The van der Waals surface area contributed by atoms with Gasteiger partial charge in [-0.15, -0.1) is 0 Å². The number of benzene rings is 2. The molecule has 140 valence electrons. The summed E-state index contributed by atoms with van der Waals surface area (Å²) in [6, 6.07) is 15.4. The van der Waals surface area contributed by atoms with Crippen LogP contribution >= 0.6 is 0 Å². The number of aromatic amines is 1. The second kappa shape index (κ2) is 7.84. The van der Waals surface area contributed by atoms with Gasteiger partial charge in [0.2, 0.25) is 0 Å². The van der Waals surface area contributed by atoms with Crippen molar-refractivity contribution < 1.29 is 9.53 Å². The van der Waals surface area contributed by atoms with Gasteiger partial charge < -0.3 is 19.9 Å². The summed E-state index contributed by atoms with van der Waals surface area (Å²) in [6.45, 7) is 2.26. The zero-order valence-corrected chi connectivity index (χ0v) is 15.6. The van der Waals surface area contributed by atoms with Gasteiger partial charge in [-0.3, -0.25) is 4.79 Å². The van der Waals surface area contributed by atoms with Crippen LogP contribution in [0.15, 0.2) is 54.7 Å². The molecule has 4 rings (SSSR count). The van der Waals surface area contributed by atoms with Crippen LogP contribution in [0, 0.1) is 0 Å². The third-order valence-electron chi connectivity index (χ3n) is 5.27. The number of piperidine rings is 1. The number of H-pyrrole nitrogens is 1. The van der Waals surface area contributed by atoms with Crippen molar-refractivity contribution in [3.8, 4) is 5.75 Å². The van der Waals surface area contributed by atoms with E-state index in [2.05, 4.69) is 34.5 Å². The number of nitrogens with one attached hydrogen (secondary N) is 2. The molecule has 0 radical (unpaired) electrons. The molecule has 1 fully saturated rings.